The highest BCUT2D eigenvalue weighted by atomic mass is 35.5. The topological polar surface area (TPSA) is 72.4 Å². The van der Waals surface area contributed by atoms with E-state index in [1.165, 1.54) is 12.5 Å². The number of nitrogens with zero attached hydrogens (tertiary/aromatic N) is 2. The summed E-state index contributed by atoms with van der Waals surface area (Å²) >= 11 is 6.14. The molecule has 1 fully saturated rings. The quantitative estimate of drug-likeness (QED) is 0.670. The van der Waals surface area contributed by atoms with Gasteiger partial charge in [-0.25, -0.2) is 0 Å². The summed E-state index contributed by atoms with van der Waals surface area (Å²) in [5.74, 6) is 0.593. The van der Waals surface area contributed by atoms with Gasteiger partial charge in [-0.05, 0) is 44.3 Å². The maximum absolute atomic E-state index is 11.1. The van der Waals surface area contributed by atoms with E-state index in [0.29, 0.717) is 29.6 Å². The van der Waals surface area contributed by atoms with Crippen molar-refractivity contribution in [3.8, 4) is 0 Å². The van der Waals surface area contributed by atoms with Crippen molar-refractivity contribution in [1.29, 1.82) is 0 Å². The summed E-state index contributed by atoms with van der Waals surface area (Å²) < 4.78 is 0. The van der Waals surface area contributed by atoms with Gasteiger partial charge in [0.15, 0.2) is 0 Å². The number of hydrogen-bond donors (Lipinski definition) is 1. The van der Waals surface area contributed by atoms with Crippen LogP contribution < -0.4 is 5.73 Å². The standard InChI is InChI=1S/C14H20ClN3O2/c15-13-4-1-5-14(18(19)20)12(13)10-17-8-2-3-11(9-17)6-7-16/h1,4-5,11H,2-3,6-10,16H2. The van der Waals surface area contributed by atoms with E-state index >= 15 is 0 Å². The highest BCUT2D eigenvalue weighted by Crippen LogP contribution is 2.29. The molecule has 1 aliphatic heterocycles. The minimum absolute atomic E-state index is 0.110. The van der Waals surface area contributed by atoms with Crippen molar-refractivity contribution in [2.45, 2.75) is 25.8 Å². The molecule has 6 heteroatoms. The largest absolute Gasteiger partial charge is 0.330 e. The van der Waals surface area contributed by atoms with Crippen molar-refractivity contribution in [2.75, 3.05) is 19.6 Å². The van der Waals surface area contributed by atoms with E-state index in [4.69, 9.17) is 17.3 Å². The van der Waals surface area contributed by atoms with E-state index < -0.39 is 0 Å². The van der Waals surface area contributed by atoms with Gasteiger partial charge in [0.2, 0.25) is 0 Å². The fraction of sp³-hybridized carbons (Fsp3) is 0.571. The molecule has 0 bridgehead atoms. The average Bonchev–Trinajstić information content (AvgIpc) is 2.41. The van der Waals surface area contributed by atoms with Crippen molar-refractivity contribution in [2.24, 2.45) is 11.7 Å². The second-order valence-corrected chi connectivity index (χ2v) is 5.72. The van der Waals surface area contributed by atoms with Gasteiger partial charge in [-0.15, -0.1) is 0 Å². The molecule has 0 spiro atoms. The molecule has 1 unspecified atom stereocenters. The molecule has 110 valence electrons. The summed E-state index contributed by atoms with van der Waals surface area (Å²) in [6, 6.07) is 4.85. The second-order valence-electron chi connectivity index (χ2n) is 5.32. The van der Waals surface area contributed by atoms with Gasteiger partial charge in [0.05, 0.1) is 15.5 Å². The fourth-order valence-electron chi connectivity index (χ4n) is 2.86. The molecule has 5 nitrogen and oxygen atoms in total. The van der Waals surface area contributed by atoms with E-state index in [0.717, 1.165) is 25.9 Å². The fourth-order valence-corrected chi connectivity index (χ4v) is 3.09. The molecule has 1 heterocycles. The minimum Gasteiger partial charge on any atom is -0.330 e. The molecule has 1 aliphatic rings. The number of nitro benzene ring substituents is 1. The van der Waals surface area contributed by atoms with Gasteiger partial charge in [-0.3, -0.25) is 15.0 Å². The van der Waals surface area contributed by atoms with Crippen LogP contribution in [0.4, 0.5) is 5.69 Å². The Kier molecular flexibility index (Phi) is 5.34. The van der Waals surface area contributed by atoms with Crippen LogP contribution in [0.15, 0.2) is 18.2 Å². The Morgan fingerprint density at radius 1 is 1.50 bits per heavy atom. The summed E-state index contributed by atoms with van der Waals surface area (Å²) in [5, 5.41) is 11.6. The molecule has 1 aromatic carbocycles. The molecule has 0 aromatic heterocycles. The number of nitrogens with two attached hydrogens (primary N) is 1. The Balaban J connectivity index is 2.11. The van der Waals surface area contributed by atoms with Crippen molar-refractivity contribution in [3.63, 3.8) is 0 Å². The van der Waals surface area contributed by atoms with E-state index in [2.05, 4.69) is 4.90 Å². The Morgan fingerprint density at radius 2 is 2.30 bits per heavy atom. The molecule has 1 aromatic rings. The van der Waals surface area contributed by atoms with Crippen LogP contribution in [0.5, 0.6) is 0 Å². The number of likely N-dealkylation sites (tertiary alicyclic amines) is 1. The third-order valence-electron chi connectivity index (χ3n) is 3.85. The van der Waals surface area contributed by atoms with Gasteiger partial charge in [-0.2, -0.15) is 0 Å². The molecule has 2 rings (SSSR count). The lowest BCUT2D eigenvalue weighted by molar-refractivity contribution is -0.385. The zero-order valence-corrected chi connectivity index (χ0v) is 12.2. The summed E-state index contributed by atoms with van der Waals surface area (Å²) in [4.78, 5) is 13.0. The van der Waals surface area contributed by atoms with Crippen LogP contribution in [0.25, 0.3) is 0 Å². The van der Waals surface area contributed by atoms with Crippen molar-refractivity contribution < 1.29 is 4.92 Å². The molecular formula is C14H20ClN3O2. The Morgan fingerprint density at radius 3 is 3.00 bits per heavy atom. The maximum atomic E-state index is 11.1. The van der Waals surface area contributed by atoms with Crippen LogP contribution in [0.2, 0.25) is 5.02 Å². The predicted octanol–water partition coefficient (Wildman–Crippen LogP) is 2.81. The Bertz CT molecular complexity index is 479. The number of benzene rings is 1. The number of rotatable bonds is 5. The molecule has 0 amide bonds. The Hall–Kier alpha value is -1.17. The molecule has 1 saturated heterocycles. The van der Waals surface area contributed by atoms with Crippen LogP contribution in [0.3, 0.4) is 0 Å². The van der Waals surface area contributed by atoms with Gasteiger partial charge in [0, 0.05) is 19.2 Å². The SMILES string of the molecule is NCCC1CCCN(Cc2c(Cl)cccc2[N+](=O)[O-])C1. The van der Waals surface area contributed by atoms with E-state index in [9.17, 15) is 10.1 Å². The zero-order valence-electron chi connectivity index (χ0n) is 11.4. The van der Waals surface area contributed by atoms with Gasteiger partial charge in [-0.1, -0.05) is 17.7 Å². The van der Waals surface area contributed by atoms with E-state index in [1.807, 2.05) is 0 Å². The first-order chi connectivity index (χ1) is 9.61. The molecular weight excluding hydrogens is 278 g/mol. The first kappa shape index (κ1) is 15.2. The monoisotopic (exact) mass is 297 g/mol. The number of hydrogen-bond acceptors (Lipinski definition) is 4. The van der Waals surface area contributed by atoms with Crippen molar-refractivity contribution in [1.82, 2.24) is 4.90 Å². The average molecular weight is 298 g/mol. The molecule has 0 radical (unpaired) electrons. The first-order valence-electron chi connectivity index (χ1n) is 6.96. The third-order valence-corrected chi connectivity index (χ3v) is 4.20. The molecule has 1 atom stereocenters. The smallest absolute Gasteiger partial charge is 0.275 e. The highest BCUT2D eigenvalue weighted by molar-refractivity contribution is 6.31. The van der Waals surface area contributed by atoms with Crippen LogP contribution >= 0.6 is 11.6 Å². The normalized spacial score (nSPS) is 20.0. The summed E-state index contributed by atoms with van der Waals surface area (Å²) in [6.45, 7) is 3.14. The van der Waals surface area contributed by atoms with Gasteiger partial charge in [0.25, 0.3) is 5.69 Å². The second kappa shape index (κ2) is 7.02. The third kappa shape index (κ3) is 3.69. The summed E-state index contributed by atoms with van der Waals surface area (Å²) in [6.07, 6.45) is 3.32. The maximum Gasteiger partial charge on any atom is 0.275 e. The number of nitro groups is 1. The molecule has 0 aliphatic carbocycles. The summed E-state index contributed by atoms with van der Waals surface area (Å²) in [7, 11) is 0. The number of piperidine rings is 1. The lowest BCUT2D eigenvalue weighted by Crippen LogP contribution is -2.35. The van der Waals surface area contributed by atoms with E-state index in [1.54, 1.807) is 12.1 Å². The lowest BCUT2D eigenvalue weighted by atomic mass is 9.94. The van der Waals surface area contributed by atoms with Crippen LogP contribution in [-0.2, 0) is 6.54 Å². The summed E-state index contributed by atoms with van der Waals surface area (Å²) in [5.41, 5.74) is 6.34. The van der Waals surface area contributed by atoms with Crippen molar-refractivity contribution in [3.05, 3.63) is 38.9 Å². The zero-order chi connectivity index (χ0) is 14.5. The van der Waals surface area contributed by atoms with Crippen molar-refractivity contribution >= 4 is 17.3 Å². The van der Waals surface area contributed by atoms with Gasteiger partial charge < -0.3 is 5.73 Å². The number of halogens is 1. The van der Waals surface area contributed by atoms with Crippen LogP contribution in [0, 0.1) is 16.0 Å². The van der Waals surface area contributed by atoms with E-state index in [-0.39, 0.29) is 10.6 Å². The van der Waals surface area contributed by atoms with Gasteiger partial charge >= 0.3 is 0 Å². The van der Waals surface area contributed by atoms with Gasteiger partial charge in [0.1, 0.15) is 0 Å². The lowest BCUT2D eigenvalue weighted by Gasteiger charge is -2.32. The molecule has 0 saturated carbocycles. The first-order valence-corrected chi connectivity index (χ1v) is 7.33. The highest BCUT2D eigenvalue weighted by Gasteiger charge is 2.23. The molecule has 20 heavy (non-hydrogen) atoms. The Labute approximate surface area is 123 Å². The molecule has 2 N–H and O–H groups in total. The predicted molar refractivity (Wildman–Crippen MR) is 79.8 cm³/mol. The minimum atomic E-state index is -0.359. The van der Waals surface area contributed by atoms with Crippen LogP contribution in [0.1, 0.15) is 24.8 Å². The van der Waals surface area contributed by atoms with Crippen LogP contribution in [-0.4, -0.2) is 29.5 Å².